The van der Waals surface area contributed by atoms with Gasteiger partial charge in [-0.15, -0.1) is 0 Å². The Hall–Kier alpha value is -2.38. The lowest BCUT2D eigenvalue weighted by Gasteiger charge is -2.07. The van der Waals surface area contributed by atoms with E-state index in [-0.39, 0.29) is 29.7 Å². The number of nitro groups is 1. The van der Waals surface area contributed by atoms with Crippen molar-refractivity contribution in [3.05, 3.63) is 56.1 Å². The van der Waals surface area contributed by atoms with E-state index >= 15 is 0 Å². The van der Waals surface area contributed by atoms with Gasteiger partial charge in [-0.1, -0.05) is 29.3 Å². The third-order valence-corrected chi connectivity index (χ3v) is 3.32. The fourth-order valence-electron chi connectivity index (χ4n) is 1.72. The van der Waals surface area contributed by atoms with Crippen LogP contribution in [-0.2, 0) is 11.2 Å². The number of nitrogen functional groups attached to an aromatic ring is 1. The van der Waals surface area contributed by atoms with Crippen molar-refractivity contribution in [2.75, 3.05) is 11.1 Å². The van der Waals surface area contributed by atoms with Gasteiger partial charge in [0.2, 0.25) is 11.7 Å². The number of pyridine rings is 1. The number of nitrogens with zero attached hydrogens (tertiary/aromatic N) is 2. The first-order chi connectivity index (χ1) is 10.4. The van der Waals surface area contributed by atoms with E-state index in [1.807, 2.05) is 0 Å². The normalized spacial score (nSPS) is 10.3. The molecule has 0 spiro atoms. The number of amides is 1. The van der Waals surface area contributed by atoms with Crippen molar-refractivity contribution in [2.45, 2.75) is 6.42 Å². The van der Waals surface area contributed by atoms with Gasteiger partial charge in [0.05, 0.1) is 11.3 Å². The van der Waals surface area contributed by atoms with E-state index in [1.54, 1.807) is 12.1 Å². The summed E-state index contributed by atoms with van der Waals surface area (Å²) in [6.45, 7) is 0. The van der Waals surface area contributed by atoms with Gasteiger partial charge in [-0.25, -0.2) is 4.98 Å². The number of carbonyl (C=O) groups excluding carboxylic acids is 1. The smallest absolute Gasteiger partial charge is 0.311 e. The maximum absolute atomic E-state index is 11.9. The Morgan fingerprint density at radius 1 is 1.32 bits per heavy atom. The van der Waals surface area contributed by atoms with E-state index in [2.05, 4.69) is 10.3 Å². The standard InChI is InChI=1S/C13H10Cl2N4O3/c14-8-2-1-7(9(15)6-8)5-12(20)17-11-4-3-10(19(21)22)13(16)18-11/h1-4,6H,5H2,(H3,16,17,18,20). The minimum atomic E-state index is -0.651. The largest absolute Gasteiger partial charge is 0.378 e. The summed E-state index contributed by atoms with van der Waals surface area (Å²) in [6, 6.07) is 7.27. The first-order valence-electron chi connectivity index (χ1n) is 6.01. The van der Waals surface area contributed by atoms with Gasteiger partial charge in [0, 0.05) is 16.1 Å². The van der Waals surface area contributed by atoms with E-state index in [9.17, 15) is 14.9 Å². The zero-order valence-corrected chi connectivity index (χ0v) is 12.6. The van der Waals surface area contributed by atoms with Gasteiger partial charge in [0.15, 0.2) is 0 Å². The lowest BCUT2D eigenvalue weighted by atomic mass is 10.1. The van der Waals surface area contributed by atoms with Gasteiger partial charge >= 0.3 is 5.69 Å². The molecule has 0 saturated carbocycles. The van der Waals surface area contributed by atoms with Gasteiger partial charge in [-0.2, -0.15) is 0 Å². The van der Waals surface area contributed by atoms with Crippen LogP contribution in [0.2, 0.25) is 10.0 Å². The van der Waals surface area contributed by atoms with Crippen LogP contribution in [-0.4, -0.2) is 15.8 Å². The molecule has 1 heterocycles. The highest BCUT2D eigenvalue weighted by atomic mass is 35.5. The van der Waals surface area contributed by atoms with Crippen LogP contribution >= 0.6 is 23.2 Å². The van der Waals surface area contributed by atoms with E-state index < -0.39 is 4.92 Å². The highest BCUT2D eigenvalue weighted by Crippen LogP contribution is 2.23. The molecule has 7 nitrogen and oxygen atoms in total. The molecule has 0 fully saturated rings. The van der Waals surface area contributed by atoms with E-state index in [1.165, 1.54) is 18.2 Å². The third kappa shape index (κ3) is 3.84. The molecule has 0 radical (unpaired) electrons. The molecule has 0 aliphatic rings. The number of anilines is 2. The average Bonchev–Trinajstić information content (AvgIpc) is 2.41. The maximum atomic E-state index is 11.9. The van der Waals surface area contributed by atoms with Crippen molar-refractivity contribution < 1.29 is 9.72 Å². The molecular weight excluding hydrogens is 331 g/mol. The van der Waals surface area contributed by atoms with Crippen LogP contribution in [0.4, 0.5) is 17.3 Å². The summed E-state index contributed by atoms with van der Waals surface area (Å²) in [5, 5.41) is 14.0. The quantitative estimate of drug-likeness (QED) is 0.656. The molecule has 114 valence electrons. The number of rotatable bonds is 4. The van der Waals surface area contributed by atoms with E-state index in [0.717, 1.165) is 0 Å². The Kier molecular flexibility index (Phi) is 4.79. The number of nitrogens with one attached hydrogen (secondary N) is 1. The van der Waals surface area contributed by atoms with Gasteiger partial charge < -0.3 is 11.1 Å². The SMILES string of the molecule is Nc1nc(NC(=O)Cc2ccc(Cl)cc2Cl)ccc1[N+](=O)[O-]. The summed E-state index contributed by atoms with van der Waals surface area (Å²) in [5.74, 6) is -0.532. The monoisotopic (exact) mass is 340 g/mol. The molecule has 2 rings (SSSR count). The first kappa shape index (κ1) is 16.0. The van der Waals surface area contributed by atoms with Crippen molar-refractivity contribution in [1.82, 2.24) is 4.98 Å². The summed E-state index contributed by atoms with van der Waals surface area (Å²) < 4.78 is 0. The first-order valence-corrected chi connectivity index (χ1v) is 6.77. The van der Waals surface area contributed by atoms with Crippen LogP contribution in [0, 0.1) is 10.1 Å². The molecule has 1 aromatic heterocycles. The van der Waals surface area contributed by atoms with Crippen LogP contribution in [0.1, 0.15) is 5.56 Å². The Labute approximate surface area is 135 Å². The van der Waals surface area contributed by atoms with Crippen LogP contribution in [0.25, 0.3) is 0 Å². The zero-order valence-electron chi connectivity index (χ0n) is 11.0. The van der Waals surface area contributed by atoms with Gasteiger partial charge in [0.25, 0.3) is 0 Å². The predicted octanol–water partition coefficient (Wildman–Crippen LogP) is 3.06. The molecule has 0 bridgehead atoms. The summed E-state index contributed by atoms with van der Waals surface area (Å²) in [5.41, 5.74) is 5.73. The minimum absolute atomic E-state index is 0.00851. The van der Waals surface area contributed by atoms with E-state index in [0.29, 0.717) is 15.6 Å². The second-order valence-electron chi connectivity index (χ2n) is 4.32. The van der Waals surface area contributed by atoms with Crippen molar-refractivity contribution >= 4 is 46.4 Å². The molecule has 0 aliphatic heterocycles. The molecule has 0 aliphatic carbocycles. The molecule has 2 aromatic rings. The number of benzene rings is 1. The Bertz CT molecular complexity index is 752. The Balaban J connectivity index is 2.09. The molecule has 1 amide bonds. The fourth-order valence-corrected chi connectivity index (χ4v) is 2.19. The number of carbonyl (C=O) groups is 1. The van der Waals surface area contributed by atoms with Crippen LogP contribution in [0.3, 0.4) is 0 Å². The van der Waals surface area contributed by atoms with Crippen LogP contribution < -0.4 is 11.1 Å². The zero-order chi connectivity index (χ0) is 16.3. The highest BCUT2D eigenvalue weighted by molar-refractivity contribution is 6.35. The molecular formula is C13H10Cl2N4O3. The minimum Gasteiger partial charge on any atom is -0.378 e. The summed E-state index contributed by atoms with van der Waals surface area (Å²) in [4.78, 5) is 25.7. The van der Waals surface area contributed by atoms with Gasteiger partial charge in [-0.3, -0.25) is 14.9 Å². The lowest BCUT2D eigenvalue weighted by Crippen LogP contribution is -2.16. The number of hydrogen-bond acceptors (Lipinski definition) is 5. The molecule has 22 heavy (non-hydrogen) atoms. The summed E-state index contributed by atoms with van der Waals surface area (Å²) >= 11 is 11.8. The molecule has 0 atom stereocenters. The molecule has 0 saturated heterocycles. The second-order valence-corrected chi connectivity index (χ2v) is 5.16. The summed E-state index contributed by atoms with van der Waals surface area (Å²) in [6.07, 6.45) is 0.00851. The number of nitrogens with two attached hydrogens (primary N) is 1. The van der Waals surface area contributed by atoms with Gasteiger partial charge in [0.1, 0.15) is 5.82 Å². The average molecular weight is 341 g/mol. The maximum Gasteiger partial charge on any atom is 0.311 e. The summed E-state index contributed by atoms with van der Waals surface area (Å²) in [7, 11) is 0. The van der Waals surface area contributed by atoms with Crippen molar-refractivity contribution in [2.24, 2.45) is 0 Å². The molecule has 3 N–H and O–H groups in total. The van der Waals surface area contributed by atoms with Crippen LogP contribution in [0.15, 0.2) is 30.3 Å². The van der Waals surface area contributed by atoms with Gasteiger partial charge in [-0.05, 0) is 23.8 Å². The van der Waals surface area contributed by atoms with Crippen molar-refractivity contribution in [3.8, 4) is 0 Å². The topological polar surface area (TPSA) is 111 Å². The number of aromatic nitrogens is 1. The lowest BCUT2D eigenvalue weighted by molar-refractivity contribution is -0.384. The number of halogens is 2. The fraction of sp³-hybridized carbons (Fsp3) is 0.0769. The predicted molar refractivity (Wildman–Crippen MR) is 84.1 cm³/mol. The van der Waals surface area contributed by atoms with Crippen molar-refractivity contribution in [3.63, 3.8) is 0 Å². The van der Waals surface area contributed by atoms with E-state index in [4.69, 9.17) is 28.9 Å². The Morgan fingerprint density at radius 3 is 2.64 bits per heavy atom. The van der Waals surface area contributed by atoms with Crippen LogP contribution in [0.5, 0.6) is 0 Å². The Morgan fingerprint density at radius 2 is 2.05 bits per heavy atom. The molecule has 0 unspecified atom stereocenters. The molecule has 9 heteroatoms. The third-order valence-electron chi connectivity index (χ3n) is 2.73. The van der Waals surface area contributed by atoms with Crippen molar-refractivity contribution in [1.29, 1.82) is 0 Å². The highest BCUT2D eigenvalue weighted by Gasteiger charge is 2.14. The second kappa shape index (κ2) is 6.59. The molecule has 1 aromatic carbocycles. The number of hydrogen-bond donors (Lipinski definition) is 2.